The van der Waals surface area contributed by atoms with Crippen molar-refractivity contribution in [2.24, 2.45) is 67.9 Å². The lowest BCUT2D eigenvalue weighted by Crippen LogP contribution is -2.63. The summed E-state index contributed by atoms with van der Waals surface area (Å²) >= 11 is 14.4. The molecule has 8 nitrogen and oxygen atoms in total. The van der Waals surface area contributed by atoms with E-state index in [1.165, 1.54) is 77.0 Å². The van der Waals surface area contributed by atoms with Gasteiger partial charge in [-0.2, -0.15) is 4.99 Å². The van der Waals surface area contributed by atoms with Crippen LogP contribution in [-0.2, 0) is 14.4 Å². The quantitative estimate of drug-likeness (QED) is 0.148. The number of urea groups is 1. The second-order valence-corrected chi connectivity index (χ2v) is 23.8. The number of carbonyl (C=O) groups excluding carboxylic acids is 4. The predicted molar refractivity (Wildman–Crippen MR) is 218 cm³/mol. The van der Waals surface area contributed by atoms with Crippen LogP contribution < -0.4 is 16.4 Å². The number of isocyanates is 1. The summed E-state index contributed by atoms with van der Waals surface area (Å²) in [5.74, 6) is 5.80. The van der Waals surface area contributed by atoms with Gasteiger partial charge in [-0.3, -0.25) is 9.59 Å². The van der Waals surface area contributed by atoms with E-state index in [0.29, 0.717) is 11.6 Å². The van der Waals surface area contributed by atoms with Crippen LogP contribution in [0.3, 0.4) is 0 Å². The van der Waals surface area contributed by atoms with Crippen molar-refractivity contribution in [3.63, 3.8) is 0 Å². The molecule has 0 atom stereocenters. The number of alkyl halides is 3. The standard InChI is InChI=1S/C21H34N2O2.C11H15NO.C10H19NO.CHCl3/c1-19(2)11-16(12-20(3,4)17(19)24)22-18(25)23-21-8-13-5-14(9-21)7-15(6-13)10-21;13-7-12-11-4-8-1-9(5-11)3-10(2-8)6-11;1-9(2)5-7(11)6-10(3,4)8(9)12;2-1(3)4/h13-16H,5-12H2,1-4H3,(H2,22,23,25);8-10H,1-6H2;7H,5-6,11H2,1-4H3;1H. The molecule has 0 aliphatic heterocycles. The van der Waals surface area contributed by atoms with E-state index in [4.69, 9.17) is 40.5 Å². The summed E-state index contributed by atoms with van der Waals surface area (Å²) in [6, 6.07) is 0.261. The lowest BCUT2D eigenvalue weighted by Gasteiger charge is -2.57. The van der Waals surface area contributed by atoms with Gasteiger partial charge in [0.1, 0.15) is 11.6 Å². The molecule has 306 valence electrons. The summed E-state index contributed by atoms with van der Waals surface area (Å²) in [5, 5.41) is 6.63. The zero-order chi connectivity index (χ0) is 40.1. The number of amides is 2. The van der Waals surface area contributed by atoms with Crippen LogP contribution in [-0.4, -0.2) is 51.1 Å². The number of carbonyl (C=O) groups is 3. The van der Waals surface area contributed by atoms with Crippen molar-refractivity contribution in [2.75, 3.05) is 0 Å². The Morgan fingerprint density at radius 2 is 0.944 bits per heavy atom. The van der Waals surface area contributed by atoms with Crippen LogP contribution in [0.25, 0.3) is 0 Å². The molecule has 11 heteroatoms. The highest BCUT2D eigenvalue weighted by Crippen LogP contribution is 2.57. The Kier molecular flexibility index (Phi) is 13.2. The van der Waals surface area contributed by atoms with Gasteiger partial charge in [-0.15, -0.1) is 0 Å². The summed E-state index contributed by atoms with van der Waals surface area (Å²) < 4.78 is -0.750. The minimum Gasteiger partial charge on any atom is -0.335 e. The Morgan fingerprint density at radius 3 is 1.28 bits per heavy atom. The first kappa shape index (κ1) is 43.9. The highest BCUT2D eigenvalue weighted by molar-refractivity contribution is 6.63. The molecular formula is C43H69Cl3N4O4. The Hall–Kier alpha value is -1.18. The number of hydrogen-bond acceptors (Lipinski definition) is 6. The maximum atomic E-state index is 12.8. The summed E-state index contributed by atoms with van der Waals surface area (Å²) in [5.41, 5.74) is 4.83. The number of halogens is 3. The second kappa shape index (κ2) is 16.2. The molecule has 4 N–H and O–H groups in total. The first-order chi connectivity index (χ1) is 24.9. The van der Waals surface area contributed by atoms with Gasteiger partial charge in [-0.25, -0.2) is 9.59 Å². The Balaban J connectivity index is 0.000000162. The minimum atomic E-state index is -0.750. The van der Waals surface area contributed by atoms with Gasteiger partial charge in [0.05, 0.1) is 5.54 Å². The summed E-state index contributed by atoms with van der Waals surface area (Å²) in [7, 11) is 0. The number of nitrogens with one attached hydrogen (secondary N) is 2. The van der Waals surface area contributed by atoms with Crippen LogP contribution in [0.15, 0.2) is 4.99 Å². The average molecular weight is 812 g/mol. The van der Waals surface area contributed by atoms with E-state index in [2.05, 4.69) is 15.6 Å². The van der Waals surface area contributed by atoms with Crippen LogP contribution in [0.4, 0.5) is 4.79 Å². The molecule has 54 heavy (non-hydrogen) atoms. The van der Waals surface area contributed by atoms with Gasteiger partial charge in [0.25, 0.3) is 0 Å². The topological polar surface area (TPSA) is 131 Å². The van der Waals surface area contributed by atoms with Crippen molar-refractivity contribution in [3.05, 3.63) is 0 Å². The molecule has 0 aromatic rings. The van der Waals surface area contributed by atoms with Gasteiger partial charge in [0.2, 0.25) is 6.08 Å². The van der Waals surface area contributed by atoms with Crippen molar-refractivity contribution >= 4 is 58.5 Å². The van der Waals surface area contributed by atoms with Gasteiger partial charge in [-0.05, 0) is 138 Å². The van der Waals surface area contributed by atoms with Gasteiger partial charge in [0, 0.05) is 39.3 Å². The SMILES string of the molecule is CC1(C)CC(N)CC(C)(C)C1=O.CC1(C)CC(NC(=O)NC23CC4CC(CC(C4)C2)C3)CC(C)(C)C1=O.ClC(Cl)Cl.O=C=NC12CC3CC(CC(C3)C1)C2. The Labute approximate surface area is 340 Å². The summed E-state index contributed by atoms with van der Waals surface area (Å²) in [6.45, 7) is 16.0. The molecule has 0 radical (unpaired) electrons. The first-order valence-corrected chi connectivity index (χ1v) is 22.1. The molecule has 0 aromatic carbocycles. The van der Waals surface area contributed by atoms with Crippen molar-refractivity contribution in [1.29, 1.82) is 0 Å². The van der Waals surface area contributed by atoms with Gasteiger partial charge >= 0.3 is 6.03 Å². The van der Waals surface area contributed by atoms with Crippen LogP contribution in [0.5, 0.6) is 0 Å². The highest BCUT2D eigenvalue weighted by Gasteiger charge is 2.53. The number of aliphatic imine (C=N–C) groups is 1. The molecule has 10 aliphatic rings. The Morgan fingerprint density at radius 1 is 0.630 bits per heavy atom. The predicted octanol–water partition coefficient (Wildman–Crippen LogP) is 10.0. The highest BCUT2D eigenvalue weighted by atomic mass is 35.6. The summed E-state index contributed by atoms with van der Waals surface area (Å²) in [6.07, 6.45) is 20.4. The molecule has 0 aromatic heterocycles. The van der Waals surface area contributed by atoms with Gasteiger partial charge in [0.15, 0.2) is 4.30 Å². The molecular weight excluding hydrogens is 743 g/mol. The summed E-state index contributed by atoms with van der Waals surface area (Å²) in [4.78, 5) is 51.7. The molecule has 10 fully saturated rings. The first-order valence-electron chi connectivity index (χ1n) is 20.8. The number of hydrogen-bond donors (Lipinski definition) is 3. The molecule has 0 unspecified atom stereocenters. The molecule has 2 amide bonds. The number of nitrogens with zero attached hydrogens (tertiary/aromatic N) is 1. The normalized spacial score (nSPS) is 38.8. The van der Waals surface area contributed by atoms with Crippen molar-refractivity contribution in [1.82, 2.24) is 10.6 Å². The number of nitrogens with two attached hydrogens (primary N) is 1. The van der Waals surface area contributed by atoms with E-state index in [9.17, 15) is 19.2 Å². The van der Waals surface area contributed by atoms with Crippen LogP contribution >= 0.6 is 34.8 Å². The fraction of sp³-hybridized carbons (Fsp3) is 0.907. The molecule has 10 aliphatic carbocycles. The smallest absolute Gasteiger partial charge is 0.315 e. The maximum Gasteiger partial charge on any atom is 0.315 e. The molecule has 0 saturated heterocycles. The van der Waals surface area contributed by atoms with E-state index < -0.39 is 4.30 Å². The number of rotatable bonds is 3. The maximum absolute atomic E-state index is 12.8. The van der Waals surface area contributed by atoms with E-state index >= 15 is 0 Å². The van der Waals surface area contributed by atoms with Gasteiger partial charge in [-0.1, -0.05) is 90.2 Å². The third-order valence-electron chi connectivity index (χ3n) is 14.6. The van der Waals surface area contributed by atoms with Crippen LogP contribution in [0.1, 0.15) is 158 Å². The third kappa shape index (κ3) is 10.5. The van der Waals surface area contributed by atoms with Crippen LogP contribution in [0, 0.1) is 57.2 Å². The molecule has 8 bridgehead atoms. The van der Waals surface area contributed by atoms with E-state index in [1.807, 2.05) is 55.4 Å². The number of ketones is 2. The number of Topliss-reactive ketones (excluding diaryl/α,β-unsaturated/α-hetero) is 2. The zero-order valence-electron chi connectivity index (χ0n) is 34.3. The Bertz CT molecular complexity index is 1340. The van der Waals surface area contributed by atoms with Crippen molar-refractivity contribution in [3.8, 4) is 0 Å². The fourth-order valence-electron chi connectivity index (χ4n) is 14.0. The average Bonchev–Trinajstić information content (AvgIpc) is 2.96. The van der Waals surface area contributed by atoms with E-state index in [1.54, 1.807) is 6.08 Å². The van der Waals surface area contributed by atoms with Crippen molar-refractivity contribution in [2.45, 2.75) is 186 Å². The van der Waals surface area contributed by atoms with Crippen LogP contribution in [0.2, 0.25) is 0 Å². The molecule has 0 spiro atoms. The molecule has 10 rings (SSSR count). The fourth-order valence-corrected chi connectivity index (χ4v) is 14.0. The lowest BCUT2D eigenvalue weighted by molar-refractivity contribution is -0.141. The molecule has 10 saturated carbocycles. The largest absolute Gasteiger partial charge is 0.335 e. The lowest BCUT2D eigenvalue weighted by atomic mass is 9.53. The third-order valence-corrected chi connectivity index (χ3v) is 14.6. The van der Waals surface area contributed by atoms with E-state index in [0.717, 1.165) is 61.2 Å². The zero-order valence-corrected chi connectivity index (χ0v) is 36.6. The van der Waals surface area contributed by atoms with E-state index in [-0.39, 0.29) is 50.9 Å². The van der Waals surface area contributed by atoms with Crippen molar-refractivity contribution < 1.29 is 19.2 Å². The molecule has 0 heterocycles. The van der Waals surface area contributed by atoms with Gasteiger partial charge < -0.3 is 16.4 Å². The minimum absolute atomic E-state index is 0.00658. The monoisotopic (exact) mass is 810 g/mol. The second-order valence-electron chi connectivity index (χ2n) is 21.9.